The van der Waals surface area contributed by atoms with Crippen LogP contribution in [0.25, 0.3) is 22.2 Å². The minimum Gasteiger partial charge on any atom is -0.346 e. The molecule has 2 fully saturated rings. The van der Waals surface area contributed by atoms with E-state index in [1.165, 1.54) is 0 Å². The van der Waals surface area contributed by atoms with Crippen LogP contribution in [0.2, 0.25) is 0 Å². The number of amides is 1. The molecule has 8 heteroatoms. The van der Waals surface area contributed by atoms with Gasteiger partial charge in [0.25, 0.3) is 0 Å². The standard InChI is InChI=1S/C23H26N4O3S/c1-15-12-19(15)23(28)26-21-13-20(18-6-7-24-22(18)25-21)17-4-2-16(3-5-17)14-27-8-10-31(29,30)11-9-27/h2-7,13,15,19H,8-12,14H2,1H3,(H2,24,25,26,28). The Kier molecular flexibility index (Phi) is 5.06. The number of H-pyrrole nitrogens is 1. The predicted molar refractivity (Wildman–Crippen MR) is 121 cm³/mol. The van der Waals surface area contributed by atoms with Crippen molar-refractivity contribution in [1.82, 2.24) is 14.9 Å². The van der Waals surface area contributed by atoms with Gasteiger partial charge in [-0.25, -0.2) is 13.4 Å². The molecule has 1 amide bonds. The second-order valence-electron chi connectivity index (χ2n) is 8.73. The lowest BCUT2D eigenvalue weighted by molar-refractivity contribution is -0.117. The van der Waals surface area contributed by atoms with Crippen molar-refractivity contribution < 1.29 is 13.2 Å². The summed E-state index contributed by atoms with van der Waals surface area (Å²) in [6.07, 6.45) is 2.79. The third-order valence-electron chi connectivity index (χ3n) is 6.33. The SMILES string of the molecule is CC1CC1C(=O)Nc1cc(-c2ccc(CN3CCS(=O)(=O)CC3)cc2)c2cc[nH]c2n1. The van der Waals surface area contributed by atoms with Crippen LogP contribution < -0.4 is 5.32 Å². The van der Waals surface area contributed by atoms with Crippen molar-refractivity contribution >= 4 is 32.6 Å². The van der Waals surface area contributed by atoms with Crippen molar-refractivity contribution in [2.45, 2.75) is 19.9 Å². The highest BCUT2D eigenvalue weighted by atomic mass is 32.2. The average Bonchev–Trinajstić information content (AvgIpc) is 3.29. The first-order valence-electron chi connectivity index (χ1n) is 10.7. The highest BCUT2D eigenvalue weighted by Crippen LogP contribution is 2.39. The van der Waals surface area contributed by atoms with Crippen molar-refractivity contribution in [2.24, 2.45) is 11.8 Å². The van der Waals surface area contributed by atoms with Crippen LogP contribution in [0.5, 0.6) is 0 Å². The molecule has 1 saturated heterocycles. The Balaban J connectivity index is 1.36. The van der Waals surface area contributed by atoms with Crippen molar-refractivity contribution in [3.63, 3.8) is 0 Å². The monoisotopic (exact) mass is 438 g/mol. The van der Waals surface area contributed by atoms with Crippen LogP contribution in [-0.4, -0.2) is 53.8 Å². The Bertz CT molecular complexity index is 1220. The Labute approximate surface area is 181 Å². The molecule has 7 nitrogen and oxygen atoms in total. The number of hydrogen-bond acceptors (Lipinski definition) is 5. The first-order chi connectivity index (χ1) is 14.9. The summed E-state index contributed by atoms with van der Waals surface area (Å²) in [5, 5.41) is 3.98. The fourth-order valence-electron chi connectivity index (χ4n) is 4.20. The van der Waals surface area contributed by atoms with E-state index >= 15 is 0 Å². The van der Waals surface area contributed by atoms with Crippen LogP contribution in [0.4, 0.5) is 5.82 Å². The topological polar surface area (TPSA) is 95.2 Å². The lowest BCUT2D eigenvalue weighted by Crippen LogP contribution is -2.39. The van der Waals surface area contributed by atoms with Crippen molar-refractivity contribution in [3.05, 3.63) is 48.2 Å². The Morgan fingerprint density at radius 3 is 2.58 bits per heavy atom. The quantitative estimate of drug-likeness (QED) is 0.638. The molecule has 1 aliphatic heterocycles. The van der Waals surface area contributed by atoms with Gasteiger partial charge in [-0.15, -0.1) is 0 Å². The number of aromatic amines is 1. The third-order valence-corrected chi connectivity index (χ3v) is 7.94. The molecular weight excluding hydrogens is 412 g/mol. The van der Waals surface area contributed by atoms with Gasteiger partial charge in [0.1, 0.15) is 11.5 Å². The highest BCUT2D eigenvalue weighted by molar-refractivity contribution is 7.91. The van der Waals surface area contributed by atoms with Crippen LogP contribution in [0.15, 0.2) is 42.6 Å². The largest absolute Gasteiger partial charge is 0.346 e. The second-order valence-corrected chi connectivity index (χ2v) is 11.0. The van der Waals surface area contributed by atoms with Gasteiger partial charge in [0, 0.05) is 37.1 Å². The van der Waals surface area contributed by atoms with E-state index in [1.54, 1.807) is 0 Å². The fourth-order valence-corrected chi connectivity index (χ4v) is 5.48. The number of benzene rings is 1. The minimum atomic E-state index is -2.86. The van der Waals surface area contributed by atoms with Crippen molar-refractivity contribution in [3.8, 4) is 11.1 Å². The lowest BCUT2D eigenvalue weighted by atomic mass is 10.0. The van der Waals surface area contributed by atoms with E-state index in [0.717, 1.165) is 40.7 Å². The molecule has 5 rings (SSSR count). The maximum Gasteiger partial charge on any atom is 0.228 e. The normalized spacial score (nSPS) is 23.0. The Hall–Kier alpha value is -2.71. The molecule has 3 aromatic rings. The van der Waals surface area contributed by atoms with E-state index in [0.29, 0.717) is 24.8 Å². The number of carbonyl (C=O) groups is 1. The zero-order chi connectivity index (χ0) is 21.6. The Morgan fingerprint density at radius 2 is 1.90 bits per heavy atom. The number of aromatic nitrogens is 2. The number of fused-ring (bicyclic) bond motifs is 1. The molecule has 1 aliphatic carbocycles. The lowest BCUT2D eigenvalue weighted by Gasteiger charge is -2.26. The number of hydrogen-bond donors (Lipinski definition) is 2. The summed E-state index contributed by atoms with van der Waals surface area (Å²) >= 11 is 0. The molecule has 1 saturated carbocycles. The Morgan fingerprint density at radius 1 is 1.19 bits per heavy atom. The average molecular weight is 439 g/mol. The van der Waals surface area contributed by atoms with Gasteiger partial charge in [-0.3, -0.25) is 9.69 Å². The molecule has 2 unspecified atom stereocenters. The number of nitrogens with one attached hydrogen (secondary N) is 2. The molecule has 1 aromatic carbocycles. The van der Waals surface area contributed by atoms with Gasteiger partial charge >= 0.3 is 0 Å². The van der Waals surface area contributed by atoms with Crippen molar-refractivity contribution in [2.75, 3.05) is 29.9 Å². The second kappa shape index (κ2) is 7.76. The molecule has 3 heterocycles. The van der Waals surface area contributed by atoms with Crippen LogP contribution in [-0.2, 0) is 21.2 Å². The molecular formula is C23H26N4O3S. The van der Waals surface area contributed by atoms with Gasteiger partial charge in [0.05, 0.1) is 11.5 Å². The third kappa shape index (κ3) is 4.36. The number of carbonyl (C=O) groups excluding carboxylic acids is 1. The van der Waals surface area contributed by atoms with Gasteiger partial charge in [-0.05, 0) is 41.2 Å². The highest BCUT2D eigenvalue weighted by Gasteiger charge is 2.39. The van der Waals surface area contributed by atoms with Crippen LogP contribution in [0.3, 0.4) is 0 Å². The predicted octanol–water partition coefficient (Wildman–Crippen LogP) is 3.05. The summed E-state index contributed by atoms with van der Waals surface area (Å²) in [6, 6.07) is 12.3. The van der Waals surface area contributed by atoms with E-state index in [2.05, 4.69) is 51.4 Å². The molecule has 2 aliphatic rings. The zero-order valence-electron chi connectivity index (χ0n) is 17.5. The summed E-state index contributed by atoms with van der Waals surface area (Å²) in [6.45, 7) is 4.00. The van der Waals surface area contributed by atoms with E-state index in [9.17, 15) is 13.2 Å². The summed E-state index contributed by atoms with van der Waals surface area (Å²) in [7, 11) is -2.86. The van der Waals surface area contributed by atoms with Crippen LogP contribution in [0.1, 0.15) is 18.9 Å². The number of anilines is 1. The number of sulfone groups is 1. The molecule has 2 N–H and O–H groups in total. The number of nitrogens with zero attached hydrogens (tertiary/aromatic N) is 2. The minimum absolute atomic E-state index is 0.0377. The number of pyridine rings is 1. The van der Waals surface area contributed by atoms with Gasteiger partial charge in [0.2, 0.25) is 5.91 Å². The zero-order valence-corrected chi connectivity index (χ0v) is 18.3. The molecule has 0 spiro atoms. The van der Waals surface area contributed by atoms with E-state index in [-0.39, 0.29) is 23.3 Å². The van der Waals surface area contributed by atoms with Gasteiger partial charge < -0.3 is 10.3 Å². The summed E-state index contributed by atoms with van der Waals surface area (Å²) in [5.74, 6) is 1.61. The van der Waals surface area contributed by atoms with Gasteiger partial charge in [0.15, 0.2) is 9.84 Å². The summed E-state index contributed by atoms with van der Waals surface area (Å²) in [4.78, 5) is 22.3. The molecule has 2 atom stereocenters. The van der Waals surface area contributed by atoms with Gasteiger partial charge in [-0.1, -0.05) is 31.2 Å². The first-order valence-corrected chi connectivity index (χ1v) is 12.5. The van der Waals surface area contributed by atoms with E-state index in [4.69, 9.17) is 0 Å². The summed E-state index contributed by atoms with van der Waals surface area (Å²) < 4.78 is 23.3. The van der Waals surface area contributed by atoms with Crippen LogP contribution in [0, 0.1) is 11.8 Å². The maximum absolute atomic E-state index is 12.4. The summed E-state index contributed by atoms with van der Waals surface area (Å²) in [5.41, 5.74) is 3.96. The smallest absolute Gasteiger partial charge is 0.228 e. The van der Waals surface area contributed by atoms with E-state index in [1.807, 2.05) is 18.3 Å². The molecule has 0 radical (unpaired) electrons. The molecule has 0 bridgehead atoms. The first kappa shape index (κ1) is 20.2. The molecule has 162 valence electrons. The maximum atomic E-state index is 12.4. The van der Waals surface area contributed by atoms with Gasteiger partial charge in [-0.2, -0.15) is 0 Å². The van der Waals surface area contributed by atoms with E-state index < -0.39 is 9.84 Å². The molecule has 31 heavy (non-hydrogen) atoms. The van der Waals surface area contributed by atoms with Crippen molar-refractivity contribution in [1.29, 1.82) is 0 Å². The number of rotatable bonds is 5. The fraction of sp³-hybridized carbons (Fsp3) is 0.391. The van der Waals surface area contributed by atoms with Crippen LogP contribution >= 0.6 is 0 Å². The molecule has 2 aromatic heterocycles.